The van der Waals surface area contributed by atoms with Crippen molar-refractivity contribution >= 4 is 0 Å². The van der Waals surface area contributed by atoms with Crippen molar-refractivity contribution in [3.63, 3.8) is 0 Å². The molecule has 0 N–H and O–H groups in total. The maximum absolute atomic E-state index is 5.81. The van der Waals surface area contributed by atoms with Gasteiger partial charge >= 0.3 is 0 Å². The standard InChI is InChI=1S/C15H22O2/c1-2-14-8-9-16-11-15(14)12-17-10-13-6-4-3-5-7-13/h3-7,14-15H,2,8-12H2,1H3/t14?,15-/m0/s1. The van der Waals surface area contributed by atoms with Crippen LogP contribution in [0.25, 0.3) is 0 Å². The van der Waals surface area contributed by atoms with Crippen molar-refractivity contribution in [2.24, 2.45) is 11.8 Å². The minimum Gasteiger partial charge on any atom is -0.381 e. The molecule has 94 valence electrons. The van der Waals surface area contributed by atoms with Crippen LogP contribution in [-0.2, 0) is 16.1 Å². The van der Waals surface area contributed by atoms with Gasteiger partial charge < -0.3 is 9.47 Å². The van der Waals surface area contributed by atoms with E-state index in [0.29, 0.717) is 12.5 Å². The minimum absolute atomic E-state index is 0.581. The van der Waals surface area contributed by atoms with E-state index >= 15 is 0 Å². The lowest BCUT2D eigenvalue weighted by Crippen LogP contribution is -2.30. The summed E-state index contributed by atoms with van der Waals surface area (Å²) in [5.41, 5.74) is 1.25. The summed E-state index contributed by atoms with van der Waals surface area (Å²) in [4.78, 5) is 0. The molecule has 0 aromatic heterocycles. The zero-order valence-electron chi connectivity index (χ0n) is 10.6. The molecule has 2 nitrogen and oxygen atoms in total. The molecule has 0 amide bonds. The van der Waals surface area contributed by atoms with Crippen LogP contribution in [0.4, 0.5) is 0 Å². The Labute approximate surface area is 104 Å². The first-order valence-electron chi connectivity index (χ1n) is 6.59. The summed E-state index contributed by atoms with van der Waals surface area (Å²) in [6.07, 6.45) is 2.43. The summed E-state index contributed by atoms with van der Waals surface area (Å²) in [6.45, 7) is 5.60. The van der Waals surface area contributed by atoms with Gasteiger partial charge in [-0.3, -0.25) is 0 Å². The summed E-state index contributed by atoms with van der Waals surface area (Å²) in [5, 5.41) is 0. The number of hydrogen-bond acceptors (Lipinski definition) is 2. The number of rotatable bonds is 5. The Morgan fingerprint density at radius 2 is 2.06 bits per heavy atom. The van der Waals surface area contributed by atoms with Crippen LogP contribution in [0.1, 0.15) is 25.3 Å². The molecule has 1 aliphatic heterocycles. The molecule has 1 unspecified atom stereocenters. The van der Waals surface area contributed by atoms with Crippen LogP contribution >= 0.6 is 0 Å². The fraction of sp³-hybridized carbons (Fsp3) is 0.600. The second-order valence-corrected chi connectivity index (χ2v) is 4.79. The molecule has 2 atom stereocenters. The van der Waals surface area contributed by atoms with Crippen molar-refractivity contribution in [3.8, 4) is 0 Å². The molecule has 1 aromatic rings. The Hall–Kier alpha value is -0.860. The van der Waals surface area contributed by atoms with Gasteiger partial charge in [0.1, 0.15) is 0 Å². The SMILES string of the molecule is CCC1CCOC[C@H]1COCc1ccccc1. The number of hydrogen-bond donors (Lipinski definition) is 0. The number of benzene rings is 1. The van der Waals surface area contributed by atoms with Crippen LogP contribution in [0.3, 0.4) is 0 Å². The third-order valence-corrected chi connectivity index (χ3v) is 3.60. The second kappa shape index (κ2) is 6.77. The van der Waals surface area contributed by atoms with Crippen LogP contribution in [0, 0.1) is 11.8 Å². The van der Waals surface area contributed by atoms with E-state index in [4.69, 9.17) is 9.47 Å². The van der Waals surface area contributed by atoms with Gasteiger partial charge in [0.05, 0.1) is 19.8 Å². The highest BCUT2D eigenvalue weighted by Gasteiger charge is 2.24. The molecule has 17 heavy (non-hydrogen) atoms. The molecule has 1 saturated heterocycles. The van der Waals surface area contributed by atoms with E-state index in [9.17, 15) is 0 Å². The molecule has 2 heteroatoms. The van der Waals surface area contributed by atoms with Gasteiger partial charge in [0.2, 0.25) is 0 Å². The predicted octanol–water partition coefficient (Wildman–Crippen LogP) is 3.27. The molecule has 0 bridgehead atoms. The second-order valence-electron chi connectivity index (χ2n) is 4.79. The first kappa shape index (κ1) is 12.6. The number of ether oxygens (including phenoxy) is 2. The van der Waals surface area contributed by atoms with Crippen LogP contribution < -0.4 is 0 Å². The highest BCUT2D eigenvalue weighted by Crippen LogP contribution is 2.25. The molecule has 1 aliphatic rings. The maximum Gasteiger partial charge on any atom is 0.0717 e. The smallest absolute Gasteiger partial charge is 0.0717 e. The molecule has 0 saturated carbocycles. The van der Waals surface area contributed by atoms with E-state index in [1.54, 1.807) is 0 Å². The molecule has 2 rings (SSSR count). The lowest BCUT2D eigenvalue weighted by molar-refractivity contribution is -0.0314. The monoisotopic (exact) mass is 234 g/mol. The molecule has 1 heterocycles. The Morgan fingerprint density at radius 1 is 1.24 bits per heavy atom. The quantitative estimate of drug-likeness (QED) is 0.778. The average molecular weight is 234 g/mol. The Morgan fingerprint density at radius 3 is 2.82 bits per heavy atom. The van der Waals surface area contributed by atoms with Crippen LogP contribution in [0.2, 0.25) is 0 Å². The highest BCUT2D eigenvalue weighted by molar-refractivity contribution is 5.13. The van der Waals surface area contributed by atoms with Gasteiger partial charge in [-0.05, 0) is 17.9 Å². The molecule has 1 fully saturated rings. The van der Waals surface area contributed by atoms with Crippen molar-refractivity contribution < 1.29 is 9.47 Å². The van der Waals surface area contributed by atoms with Gasteiger partial charge in [0, 0.05) is 12.5 Å². The molecule has 0 aliphatic carbocycles. The summed E-state index contributed by atoms with van der Waals surface area (Å²) < 4.78 is 11.3. The van der Waals surface area contributed by atoms with Gasteiger partial charge in [0.15, 0.2) is 0 Å². The molecule has 1 aromatic carbocycles. The van der Waals surface area contributed by atoms with Crippen molar-refractivity contribution in [3.05, 3.63) is 35.9 Å². The zero-order chi connectivity index (χ0) is 11.9. The molecule has 0 spiro atoms. The predicted molar refractivity (Wildman–Crippen MR) is 68.8 cm³/mol. The minimum atomic E-state index is 0.581. The van der Waals surface area contributed by atoms with Crippen molar-refractivity contribution in [1.82, 2.24) is 0 Å². The molecular formula is C15H22O2. The van der Waals surface area contributed by atoms with Gasteiger partial charge in [-0.2, -0.15) is 0 Å². The molecule has 0 radical (unpaired) electrons. The topological polar surface area (TPSA) is 18.5 Å². The first-order chi connectivity index (χ1) is 8.40. The Bertz CT molecular complexity index is 310. The lowest BCUT2D eigenvalue weighted by atomic mass is 9.87. The normalized spacial score (nSPS) is 24.8. The highest BCUT2D eigenvalue weighted by atomic mass is 16.5. The summed E-state index contributed by atoms with van der Waals surface area (Å²) in [6, 6.07) is 10.4. The van der Waals surface area contributed by atoms with E-state index in [0.717, 1.165) is 25.7 Å². The first-order valence-corrected chi connectivity index (χ1v) is 6.59. The summed E-state index contributed by atoms with van der Waals surface area (Å²) in [7, 11) is 0. The van der Waals surface area contributed by atoms with Crippen molar-refractivity contribution in [1.29, 1.82) is 0 Å². The Balaban J connectivity index is 1.74. The van der Waals surface area contributed by atoms with E-state index < -0.39 is 0 Å². The fourth-order valence-corrected chi connectivity index (χ4v) is 2.47. The maximum atomic E-state index is 5.81. The van der Waals surface area contributed by atoms with Gasteiger partial charge in [-0.25, -0.2) is 0 Å². The summed E-state index contributed by atoms with van der Waals surface area (Å²) in [5.74, 6) is 1.36. The zero-order valence-corrected chi connectivity index (χ0v) is 10.6. The lowest BCUT2D eigenvalue weighted by Gasteiger charge is -2.30. The van der Waals surface area contributed by atoms with E-state index in [-0.39, 0.29) is 0 Å². The molecular weight excluding hydrogens is 212 g/mol. The van der Waals surface area contributed by atoms with Gasteiger partial charge in [0.25, 0.3) is 0 Å². The third-order valence-electron chi connectivity index (χ3n) is 3.60. The van der Waals surface area contributed by atoms with E-state index in [1.165, 1.54) is 18.4 Å². The summed E-state index contributed by atoms with van der Waals surface area (Å²) >= 11 is 0. The van der Waals surface area contributed by atoms with Crippen LogP contribution in [0.5, 0.6) is 0 Å². The van der Waals surface area contributed by atoms with Gasteiger partial charge in [-0.1, -0.05) is 43.7 Å². The van der Waals surface area contributed by atoms with Crippen molar-refractivity contribution in [2.45, 2.75) is 26.4 Å². The fourth-order valence-electron chi connectivity index (χ4n) is 2.47. The van der Waals surface area contributed by atoms with E-state index in [1.807, 2.05) is 6.07 Å². The van der Waals surface area contributed by atoms with Crippen molar-refractivity contribution in [2.75, 3.05) is 19.8 Å². The van der Waals surface area contributed by atoms with E-state index in [2.05, 4.69) is 31.2 Å². The van der Waals surface area contributed by atoms with Gasteiger partial charge in [-0.15, -0.1) is 0 Å². The third kappa shape index (κ3) is 3.83. The Kier molecular flexibility index (Phi) is 5.02. The largest absolute Gasteiger partial charge is 0.381 e. The average Bonchev–Trinajstić information content (AvgIpc) is 2.40. The van der Waals surface area contributed by atoms with Crippen LogP contribution in [-0.4, -0.2) is 19.8 Å². The van der Waals surface area contributed by atoms with Crippen LogP contribution in [0.15, 0.2) is 30.3 Å².